The van der Waals surface area contributed by atoms with E-state index in [1.54, 1.807) is 6.92 Å². The largest absolute Gasteiger partial charge is 0.494 e. The van der Waals surface area contributed by atoms with Gasteiger partial charge in [-0.2, -0.15) is 0 Å². The van der Waals surface area contributed by atoms with Gasteiger partial charge < -0.3 is 14.7 Å². The maximum Gasteiger partial charge on any atom is 0.329 e. The van der Waals surface area contributed by atoms with Crippen molar-refractivity contribution in [1.82, 2.24) is 4.90 Å². The zero-order valence-corrected chi connectivity index (χ0v) is 13.0. The lowest BCUT2D eigenvalue weighted by Crippen LogP contribution is -2.53. The first-order valence-electron chi connectivity index (χ1n) is 7.08. The monoisotopic (exact) mass is 293 g/mol. The van der Waals surface area contributed by atoms with Crippen LogP contribution in [0, 0.1) is 0 Å². The Balaban J connectivity index is 2.81. The smallest absolute Gasteiger partial charge is 0.329 e. The molecule has 21 heavy (non-hydrogen) atoms. The molecule has 1 aromatic carbocycles. The first-order chi connectivity index (χ1) is 9.82. The van der Waals surface area contributed by atoms with Crippen molar-refractivity contribution in [2.75, 3.05) is 13.2 Å². The lowest BCUT2D eigenvalue weighted by atomic mass is 10.0. The fraction of sp³-hybridized carbons (Fsp3) is 0.500. The summed E-state index contributed by atoms with van der Waals surface area (Å²) in [5, 5.41) is 9.24. The summed E-state index contributed by atoms with van der Waals surface area (Å²) in [7, 11) is 0. The molecule has 0 fully saturated rings. The van der Waals surface area contributed by atoms with E-state index >= 15 is 0 Å². The van der Waals surface area contributed by atoms with Crippen molar-refractivity contribution in [1.29, 1.82) is 0 Å². The molecule has 0 saturated carbocycles. The minimum Gasteiger partial charge on any atom is -0.494 e. The van der Waals surface area contributed by atoms with Crippen LogP contribution in [0.3, 0.4) is 0 Å². The molecule has 0 aromatic heterocycles. The second-order valence-electron chi connectivity index (χ2n) is 5.26. The number of benzene rings is 1. The van der Waals surface area contributed by atoms with Crippen molar-refractivity contribution in [3.05, 3.63) is 29.8 Å². The number of amides is 1. The standard InChI is InChI=1S/C16H23NO4/c1-5-17(16(3,4)15(19)20)14(18)11-12-7-9-13(10-8-12)21-6-2/h7-10H,5-6,11H2,1-4H3,(H,19,20). The number of rotatable bonds is 7. The molecule has 0 unspecified atom stereocenters. The Kier molecular flexibility index (Phi) is 5.76. The molecule has 1 N–H and O–H groups in total. The van der Waals surface area contributed by atoms with Crippen molar-refractivity contribution in [2.45, 2.75) is 39.7 Å². The number of carbonyl (C=O) groups excluding carboxylic acids is 1. The van der Waals surface area contributed by atoms with Gasteiger partial charge in [0, 0.05) is 6.54 Å². The Hall–Kier alpha value is -2.04. The Labute approximate surface area is 125 Å². The van der Waals surface area contributed by atoms with Crippen molar-refractivity contribution in [3.63, 3.8) is 0 Å². The van der Waals surface area contributed by atoms with Gasteiger partial charge in [-0.05, 0) is 45.4 Å². The molecule has 0 aliphatic heterocycles. The molecular weight excluding hydrogens is 270 g/mol. The van der Waals surface area contributed by atoms with Gasteiger partial charge in [0.25, 0.3) is 0 Å². The van der Waals surface area contributed by atoms with Gasteiger partial charge in [-0.3, -0.25) is 4.79 Å². The summed E-state index contributed by atoms with van der Waals surface area (Å²) >= 11 is 0. The van der Waals surface area contributed by atoms with E-state index < -0.39 is 11.5 Å². The SMILES string of the molecule is CCOc1ccc(CC(=O)N(CC)C(C)(C)C(=O)O)cc1. The van der Waals surface area contributed by atoms with Crippen LogP contribution in [0.15, 0.2) is 24.3 Å². The van der Waals surface area contributed by atoms with E-state index in [2.05, 4.69) is 0 Å². The van der Waals surface area contributed by atoms with Crippen LogP contribution >= 0.6 is 0 Å². The molecule has 0 bridgehead atoms. The summed E-state index contributed by atoms with van der Waals surface area (Å²) in [6.07, 6.45) is 0.178. The highest BCUT2D eigenvalue weighted by Gasteiger charge is 2.36. The minimum absolute atomic E-state index is 0.178. The van der Waals surface area contributed by atoms with Crippen molar-refractivity contribution in [2.24, 2.45) is 0 Å². The van der Waals surface area contributed by atoms with E-state index in [0.717, 1.165) is 11.3 Å². The molecule has 0 spiro atoms. The summed E-state index contributed by atoms with van der Waals surface area (Å²) in [4.78, 5) is 25.0. The molecule has 1 amide bonds. The molecule has 0 atom stereocenters. The highest BCUT2D eigenvalue weighted by atomic mass is 16.5. The van der Waals surface area contributed by atoms with Crippen molar-refractivity contribution in [3.8, 4) is 5.75 Å². The first-order valence-corrected chi connectivity index (χ1v) is 7.08. The molecule has 0 radical (unpaired) electrons. The Morgan fingerprint density at radius 1 is 1.19 bits per heavy atom. The maximum absolute atomic E-state index is 12.3. The van der Waals surface area contributed by atoms with E-state index in [1.165, 1.54) is 18.7 Å². The van der Waals surface area contributed by atoms with Crippen LogP contribution < -0.4 is 4.74 Å². The Morgan fingerprint density at radius 3 is 2.19 bits per heavy atom. The van der Waals surface area contributed by atoms with Crippen LogP contribution in [0.25, 0.3) is 0 Å². The third-order valence-corrected chi connectivity index (χ3v) is 3.41. The van der Waals surface area contributed by atoms with E-state index in [1.807, 2.05) is 31.2 Å². The summed E-state index contributed by atoms with van der Waals surface area (Å²) in [5.74, 6) is -0.453. The minimum atomic E-state index is -1.21. The fourth-order valence-electron chi connectivity index (χ4n) is 2.14. The molecule has 5 heteroatoms. The number of ether oxygens (including phenoxy) is 1. The topological polar surface area (TPSA) is 66.8 Å². The molecule has 1 aromatic rings. The number of carboxylic acid groups (broad SMARTS) is 1. The number of likely N-dealkylation sites (N-methyl/N-ethyl adjacent to an activating group) is 1. The summed E-state index contributed by atoms with van der Waals surface area (Å²) in [6.45, 7) is 7.71. The van der Waals surface area contributed by atoms with E-state index in [9.17, 15) is 14.7 Å². The van der Waals surface area contributed by atoms with E-state index in [-0.39, 0.29) is 12.3 Å². The van der Waals surface area contributed by atoms with Gasteiger partial charge >= 0.3 is 5.97 Å². The van der Waals surface area contributed by atoms with Crippen LogP contribution in [0.4, 0.5) is 0 Å². The molecule has 5 nitrogen and oxygen atoms in total. The first kappa shape index (κ1) is 17.0. The molecule has 0 saturated heterocycles. The molecule has 116 valence electrons. The molecule has 0 aliphatic carbocycles. The van der Waals surface area contributed by atoms with Gasteiger partial charge in [-0.25, -0.2) is 4.79 Å². The summed E-state index contributed by atoms with van der Waals surface area (Å²) in [6, 6.07) is 7.27. The fourth-order valence-corrected chi connectivity index (χ4v) is 2.14. The second kappa shape index (κ2) is 7.11. The third-order valence-electron chi connectivity index (χ3n) is 3.41. The number of carboxylic acids is 1. The quantitative estimate of drug-likeness (QED) is 0.838. The van der Waals surface area contributed by atoms with Crippen molar-refractivity contribution >= 4 is 11.9 Å². The lowest BCUT2D eigenvalue weighted by Gasteiger charge is -2.34. The average molecular weight is 293 g/mol. The van der Waals surface area contributed by atoms with Crippen LogP contribution in [-0.4, -0.2) is 40.6 Å². The lowest BCUT2D eigenvalue weighted by molar-refractivity contribution is -0.156. The highest BCUT2D eigenvalue weighted by Crippen LogP contribution is 2.18. The summed E-state index contributed by atoms with van der Waals surface area (Å²) < 4.78 is 5.35. The predicted molar refractivity (Wildman–Crippen MR) is 80.4 cm³/mol. The predicted octanol–water partition coefficient (Wildman–Crippen LogP) is 2.34. The molecule has 0 heterocycles. The van der Waals surface area contributed by atoms with E-state index in [4.69, 9.17) is 4.74 Å². The molecule has 0 aliphatic rings. The van der Waals surface area contributed by atoms with Crippen LogP contribution in [-0.2, 0) is 16.0 Å². The van der Waals surface area contributed by atoms with Gasteiger partial charge in [0.2, 0.25) is 5.91 Å². The van der Waals surface area contributed by atoms with Gasteiger partial charge in [-0.1, -0.05) is 12.1 Å². The van der Waals surface area contributed by atoms with Crippen LogP contribution in [0.1, 0.15) is 33.3 Å². The van der Waals surface area contributed by atoms with Crippen LogP contribution in [0.5, 0.6) is 5.75 Å². The van der Waals surface area contributed by atoms with Gasteiger partial charge in [-0.15, -0.1) is 0 Å². The van der Waals surface area contributed by atoms with E-state index in [0.29, 0.717) is 13.2 Å². The Bertz CT molecular complexity index is 494. The number of hydrogen-bond donors (Lipinski definition) is 1. The maximum atomic E-state index is 12.3. The van der Waals surface area contributed by atoms with Crippen LogP contribution in [0.2, 0.25) is 0 Å². The zero-order valence-electron chi connectivity index (χ0n) is 13.0. The normalized spacial score (nSPS) is 11.0. The second-order valence-corrected chi connectivity index (χ2v) is 5.26. The van der Waals surface area contributed by atoms with Crippen molar-refractivity contribution < 1.29 is 19.4 Å². The van der Waals surface area contributed by atoms with Gasteiger partial charge in [0.15, 0.2) is 0 Å². The average Bonchev–Trinajstić information content (AvgIpc) is 2.41. The zero-order chi connectivity index (χ0) is 16.0. The number of nitrogens with zero attached hydrogens (tertiary/aromatic N) is 1. The molecular formula is C16H23NO4. The Morgan fingerprint density at radius 2 is 1.76 bits per heavy atom. The number of carbonyl (C=O) groups is 2. The third kappa shape index (κ3) is 4.21. The van der Waals surface area contributed by atoms with Gasteiger partial charge in [0.05, 0.1) is 13.0 Å². The number of aliphatic carboxylic acids is 1. The molecule has 1 rings (SSSR count). The van der Waals surface area contributed by atoms with Gasteiger partial charge in [0.1, 0.15) is 11.3 Å². The summed E-state index contributed by atoms with van der Waals surface area (Å²) in [5.41, 5.74) is -0.375. The number of hydrogen-bond acceptors (Lipinski definition) is 3. The highest BCUT2D eigenvalue weighted by molar-refractivity contribution is 5.87.